The van der Waals surface area contributed by atoms with Crippen LogP contribution in [-0.4, -0.2) is 16.8 Å². The molecule has 1 N–H and O–H groups in total. The lowest BCUT2D eigenvalue weighted by molar-refractivity contribution is -0.138. The van der Waals surface area contributed by atoms with E-state index in [0.29, 0.717) is 17.5 Å². The first kappa shape index (κ1) is 16.3. The van der Waals surface area contributed by atoms with Crippen LogP contribution in [-0.2, 0) is 4.79 Å². The van der Waals surface area contributed by atoms with Gasteiger partial charge < -0.3 is 10.1 Å². The number of carbonyl (C=O) groups is 1. The fourth-order valence-electron chi connectivity index (χ4n) is 5.44. The summed E-state index contributed by atoms with van der Waals surface area (Å²) in [6, 6.07) is 6.39. The van der Waals surface area contributed by atoms with Crippen molar-refractivity contribution in [1.82, 2.24) is 0 Å². The minimum atomic E-state index is -2.91. The lowest BCUT2D eigenvalue weighted by atomic mass is 9.49. The van der Waals surface area contributed by atoms with Gasteiger partial charge in [0.25, 0.3) is 0 Å². The molecule has 1 aromatic carbocycles. The fourth-order valence-corrected chi connectivity index (χ4v) is 6.89. The van der Waals surface area contributed by atoms with Crippen molar-refractivity contribution in [3.63, 3.8) is 0 Å². The second-order valence-electron chi connectivity index (χ2n) is 7.72. The highest BCUT2D eigenvalue weighted by Crippen LogP contribution is 2.64. The molecule has 4 fully saturated rings. The number of alkyl halides is 3. The van der Waals surface area contributed by atoms with Crippen LogP contribution in [0.15, 0.2) is 24.3 Å². The summed E-state index contributed by atoms with van der Waals surface area (Å²) in [6.45, 7) is -2.91. The van der Waals surface area contributed by atoms with E-state index in [-0.39, 0.29) is 21.4 Å². The molecule has 4 saturated carbocycles. The van der Waals surface area contributed by atoms with Crippen molar-refractivity contribution >= 4 is 27.5 Å². The normalized spacial score (nSPS) is 36.8. The van der Waals surface area contributed by atoms with Gasteiger partial charge in [-0.15, -0.1) is 0 Å². The van der Waals surface area contributed by atoms with Crippen molar-refractivity contribution in [2.24, 2.45) is 17.3 Å². The Kier molecular flexibility index (Phi) is 3.86. The van der Waals surface area contributed by atoms with Crippen LogP contribution in [0.3, 0.4) is 0 Å². The zero-order valence-corrected chi connectivity index (χ0v) is 14.8. The molecule has 1 amide bonds. The molecule has 0 saturated heterocycles. The monoisotopic (exact) mass is 399 g/mol. The van der Waals surface area contributed by atoms with Gasteiger partial charge in [-0.2, -0.15) is 8.78 Å². The van der Waals surface area contributed by atoms with Crippen LogP contribution in [0, 0.1) is 17.3 Å². The smallest absolute Gasteiger partial charge is 0.387 e. The summed E-state index contributed by atoms with van der Waals surface area (Å²) < 4.78 is 29.7. The van der Waals surface area contributed by atoms with E-state index in [4.69, 9.17) is 0 Å². The van der Waals surface area contributed by atoms with Crippen LogP contribution in [0.25, 0.3) is 0 Å². The van der Waals surface area contributed by atoms with Gasteiger partial charge in [-0.1, -0.05) is 28.1 Å². The number of para-hydroxylation sites is 2. The first-order valence-corrected chi connectivity index (χ1v) is 9.21. The first-order chi connectivity index (χ1) is 11.4. The van der Waals surface area contributed by atoms with Gasteiger partial charge in [-0.05, 0) is 62.5 Å². The molecule has 0 spiro atoms. The first-order valence-electron chi connectivity index (χ1n) is 8.42. The number of hydrogen-bond acceptors (Lipinski definition) is 2. The number of amides is 1. The summed E-state index contributed by atoms with van der Waals surface area (Å²) in [4.78, 5) is 13.1. The molecule has 4 aliphatic rings. The number of anilines is 1. The summed E-state index contributed by atoms with van der Waals surface area (Å²) in [7, 11) is 0. The molecule has 4 bridgehead atoms. The zero-order valence-electron chi connectivity index (χ0n) is 13.2. The van der Waals surface area contributed by atoms with E-state index in [1.165, 1.54) is 12.5 Å². The molecule has 4 atom stereocenters. The molecular weight excluding hydrogens is 380 g/mol. The topological polar surface area (TPSA) is 38.3 Å². The van der Waals surface area contributed by atoms with E-state index in [0.717, 1.165) is 32.1 Å². The summed E-state index contributed by atoms with van der Waals surface area (Å²) >= 11 is 3.89. The van der Waals surface area contributed by atoms with Crippen molar-refractivity contribution in [2.75, 3.05) is 5.32 Å². The number of rotatable bonds is 4. The number of nitrogens with one attached hydrogen (secondary N) is 1. The molecule has 2 unspecified atom stereocenters. The highest BCUT2D eigenvalue weighted by atomic mass is 79.9. The molecule has 5 rings (SSSR count). The van der Waals surface area contributed by atoms with E-state index in [9.17, 15) is 13.6 Å². The highest BCUT2D eigenvalue weighted by molar-refractivity contribution is 9.10. The Morgan fingerprint density at radius 1 is 1.21 bits per heavy atom. The van der Waals surface area contributed by atoms with Gasteiger partial charge in [0.15, 0.2) is 0 Å². The molecular formula is C18H20BrF2NO2. The van der Waals surface area contributed by atoms with Gasteiger partial charge in [0.2, 0.25) is 5.91 Å². The van der Waals surface area contributed by atoms with Crippen LogP contribution in [0.5, 0.6) is 5.75 Å². The Morgan fingerprint density at radius 3 is 2.50 bits per heavy atom. The lowest BCUT2D eigenvalue weighted by Gasteiger charge is -2.59. The number of hydrogen-bond donors (Lipinski definition) is 1. The van der Waals surface area contributed by atoms with Crippen LogP contribution < -0.4 is 10.1 Å². The minimum Gasteiger partial charge on any atom is -0.433 e. The van der Waals surface area contributed by atoms with Gasteiger partial charge >= 0.3 is 6.61 Å². The second kappa shape index (κ2) is 5.68. The molecule has 6 heteroatoms. The van der Waals surface area contributed by atoms with Crippen LogP contribution >= 0.6 is 15.9 Å². The van der Waals surface area contributed by atoms with Crippen molar-refractivity contribution in [3.05, 3.63) is 24.3 Å². The van der Waals surface area contributed by atoms with E-state index in [2.05, 4.69) is 26.0 Å². The third-order valence-electron chi connectivity index (χ3n) is 5.82. The quantitative estimate of drug-likeness (QED) is 0.726. The Balaban J connectivity index is 1.57. The van der Waals surface area contributed by atoms with E-state index in [1.54, 1.807) is 18.2 Å². The fraction of sp³-hybridized carbons (Fsp3) is 0.611. The van der Waals surface area contributed by atoms with Gasteiger partial charge in [-0.25, -0.2) is 0 Å². The predicted molar refractivity (Wildman–Crippen MR) is 90.5 cm³/mol. The summed E-state index contributed by atoms with van der Waals surface area (Å²) in [5, 5.41) is 2.87. The maximum atomic E-state index is 13.1. The van der Waals surface area contributed by atoms with E-state index in [1.807, 2.05) is 0 Å². The molecule has 0 aromatic heterocycles. The van der Waals surface area contributed by atoms with E-state index < -0.39 is 6.61 Å². The van der Waals surface area contributed by atoms with Crippen molar-refractivity contribution in [1.29, 1.82) is 0 Å². The van der Waals surface area contributed by atoms with Gasteiger partial charge in [0.1, 0.15) is 5.75 Å². The minimum absolute atomic E-state index is 0.0131. The molecule has 0 heterocycles. The Hall–Kier alpha value is -1.17. The third-order valence-corrected chi connectivity index (χ3v) is 6.75. The average molecular weight is 400 g/mol. The zero-order chi connectivity index (χ0) is 16.9. The number of ether oxygens (including phenoxy) is 1. The third kappa shape index (κ3) is 2.83. The Labute approximate surface area is 148 Å². The standard InChI is InChI=1S/C18H20BrF2NO2/c19-18-8-11-5-12(9-18)7-17(6-11,10-18)15(23)22-13-3-1-2-4-14(13)24-16(20)21/h1-4,11-12,16H,5-10H2,(H,22,23)/t11-,12+,17?,18?. The van der Waals surface area contributed by atoms with Gasteiger partial charge in [0.05, 0.1) is 11.1 Å². The maximum Gasteiger partial charge on any atom is 0.387 e. The second-order valence-corrected chi connectivity index (χ2v) is 9.40. The molecule has 1 aromatic rings. The molecule has 130 valence electrons. The molecule has 24 heavy (non-hydrogen) atoms. The Bertz CT molecular complexity index is 652. The van der Waals surface area contributed by atoms with Crippen LogP contribution in [0.1, 0.15) is 38.5 Å². The lowest BCUT2D eigenvalue weighted by Crippen LogP contribution is -2.57. The number of halogens is 3. The van der Waals surface area contributed by atoms with Gasteiger partial charge in [0, 0.05) is 4.32 Å². The predicted octanol–water partition coefficient (Wildman–Crippen LogP) is 4.96. The number of carbonyl (C=O) groups excluding carboxylic acids is 1. The molecule has 3 nitrogen and oxygen atoms in total. The van der Waals surface area contributed by atoms with Gasteiger partial charge in [-0.3, -0.25) is 4.79 Å². The average Bonchev–Trinajstić information content (AvgIpc) is 2.46. The number of benzene rings is 1. The van der Waals surface area contributed by atoms with Crippen LogP contribution in [0.2, 0.25) is 0 Å². The molecule has 0 aliphatic heterocycles. The van der Waals surface area contributed by atoms with Crippen LogP contribution in [0.4, 0.5) is 14.5 Å². The summed E-state index contributed by atoms with van der Waals surface area (Å²) in [5.41, 5.74) is -0.0620. The molecule has 4 aliphatic carbocycles. The summed E-state index contributed by atoms with van der Waals surface area (Å²) in [6.07, 6.45) is 6.14. The molecule has 0 radical (unpaired) electrons. The largest absolute Gasteiger partial charge is 0.433 e. The van der Waals surface area contributed by atoms with E-state index >= 15 is 0 Å². The summed E-state index contributed by atoms with van der Waals surface area (Å²) in [5.74, 6) is 1.14. The highest BCUT2D eigenvalue weighted by Gasteiger charge is 2.59. The SMILES string of the molecule is O=C(Nc1ccccc1OC(F)F)C12C[C@@H]3C[C@@H](CC(Br)(C3)C1)C2. The van der Waals surface area contributed by atoms with Crippen molar-refractivity contribution < 1.29 is 18.3 Å². The van der Waals surface area contributed by atoms with Crippen molar-refractivity contribution in [3.8, 4) is 5.75 Å². The maximum absolute atomic E-state index is 13.1. The Morgan fingerprint density at radius 2 is 1.88 bits per heavy atom. The van der Waals surface area contributed by atoms with Crippen molar-refractivity contribution in [2.45, 2.75) is 49.5 Å².